The lowest BCUT2D eigenvalue weighted by Gasteiger charge is -2.17. The Bertz CT molecular complexity index is 1270. The summed E-state index contributed by atoms with van der Waals surface area (Å²) in [6.45, 7) is 0.375. The van der Waals surface area contributed by atoms with Crippen molar-refractivity contribution in [3.63, 3.8) is 0 Å². The third-order valence-corrected chi connectivity index (χ3v) is 5.35. The van der Waals surface area contributed by atoms with Gasteiger partial charge in [0.05, 0.1) is 23.4 Å². The Labute approximate surface area is 155 Å². The number of pyridine rings is 2. The zero-order valence-electron chi connectivity index (χ0n) is 14.8. The third kappa shape index (κ3) is 2.37. The van der Waals surface area contributed by atoms with Gasteiger partial charge in [0.15, 0.2) is 0 Å². The standard InChI is InChI=1S/C21H18N4O2/c1-24-17-7-3-2-6-13(17)10-15(21(24)27)14-11-19(26)22-12-16-20(14)25-9-5-4-8-18(25)23-16/h2-10,14H,11-12H2,1H3,(H,22,26)/t14-/m0/s1. The Kier molecular flexibility index (Phi) is 3.40. The Hall–Kier alpha value is -3.41. The van der Waals surface area contributed by atoms with E-state index in [9.17, 15) is 9.59 Å². The van der Waals surface area contributed by atoms with Gasteiger partial charge in [-0.15, -0.1) is 0 Å². The van der Waals surface area contributed by atoms with Crippen molar-refractivity contribution in [3.8, 4) is 0 Å². The number of fused-ring (bicyclic) bond motifs is 4. The molecule has 0 saturated heterocycles. The number of aromatic nitrogens is 3. The number of para-hydroxylation sites is 1. The first-order chi connectivity index (χ1) is 13.1. The molecule has 27 heavy (non-hydrogen) atoms. The van der Waals surface area contributed by atoms with Crippen LogP contribution in [0.2, 0.25) is 0 Å². The van der Waals surface area contributed by atoms with Gasteiger partial charge in [-0.2, -0.15) is 0 Å². The van der Waals surface area contributed by atoms with Crippen LogP contribution in [0.25, 0.3) is 16.6 Å². The number of hydrogen-bond acceptors (Lipinski definition) is 3. The molecule has 1 amide bonds. The van der Waals surface area contributed by atoms with Crippen molar-refractivity contribution in [1.29, 1.82) is 0 Å². The van der Waals surface area contributed by atoms with E-state index in [4.69, 9.17) is 0 Å². The third-order valence-electron chi connectivity index (χ3n) is 5.35. The number of carbonyl (C=O) groups is 1. The Morgan fingerprint density at radius 1 is 1.11 bits per heavy atom. The molecule has 3 aromatic heterocycles. The second-order valence-corrected chi connectivity index (χ2v) is 6.93. The number of amides is 1. The van der Waals surface area contributed by atoms with Gasteiger partial charge in [-0.3, -0.25) is 9.59 Å². The fourth-order valence-electron chi connectivity index (χ4n) is 4.05. The molecule has 134 valence electrons. The van der Waals surface area contributed by atoms with Gasteiger partial charge in [-0.1, -0.05) is 24.3 Å². The van der Waals surface area contributed by atoms with Gasteiger partial charge < -0.3 is 14.3 Å². The highest BCUT2D eigenvalue weighted by molar-refractivity contribution is 5.81. The van der Waals surface area contributed by atoms with Gasteiger partial charge >= 0.3 is 0 Å². The molecular weight excluding hydrogens is 340 g/mol. The number of carbonyl (C=O) groups excluding carboxylic acids is 1. The van der Waals surface area contributed by atoms with Crippen LogP contribution in [0.3, 0.4) is 0 Å². The van der Waals surface area contributed by atoms with E-state index in [0.717, 1.165) is 27.9 Å². The van der Waals surface area contributed by atoms with Gasteiger partial charge in [-0.05, 0) is 29.7 Å². The number of benzene rings is 1. The monoisotopic (exact) mass is 358 g/mol. The van der Waals surface area contributed by atoms with Crippen LogP contribution in [0.15, 0.2) is 59.5 Å². The van der Waals surface area contributed by atoms with Crippen LogP contribution in [-0.2, 0) is 18.4 Å². The Balaban J connectivity index is 1.83. The van der Waals surface area contributed by atoms with Crippen molar-refractivity contribution in [2.75, 3.05) is 0 Å². The molecule has 6 heteroatoms. The summed E-state index contributed by atoms with van der Waals surface area (Å²) in [4.78, 5) is 30.2. The van der Waals surface area contributed by atoms with Crippen LogP contribution in [0.4, 0.5) is 0 Å². The smallest absolute Gasteiger partial charge is 0.254 e. The molecule has 0 bridgehead atoms. The maximum Gasteiger partial charge on any atom is 0.254 e. The van der Waals surface area contributed by atoms with Gasteiger partial charge in [-0.25, -0.2) is 4.98 Å². The van der Waals surface area contributed by atoms with Crippen LogP contribution in [0, 0.1) is 0 Å². The summed E-state index contributed by atoms with van der Waals surface area (Å²) in [5.74, 6) is -0.416. The van der Waals surface area contributed by atoms with E-state index in [0.29, 0.717) is 12.1 Å². The lowest BCUT2D eigenvalue weighted by Crippen LogP contribution is -2.27. The minimum absolute atomic E-state index is 0.0714. The Morgan fingerprint density at radius 2 is 1.93 bits per heavy atom. The van der Waals surface area contributed by atoms with E-state index in [1.54, 1.807) is 11.6 Å². The average molecular weight is 358 g/mol. The van der Waals surface area contributed by atoms with Crippen LogP contribution in [0.5, 0.6) is 0 Å². The van der Waals surface area contributed by atoms with E-state index in [2.05, 4.69) is 10.3 Å². The maximum atomic E-state index is 13.2. The van der Waals surface area contributed by atoms with E-state index in [-0.39, 0.29) is 23.8 Å². The van der Waals surface area contributed by atoms with Gasteiger partial charge in [0, 0.05) is 31.1 Å². The average Bonchev–Trinajstić information content (AvgIpc) is 2.97. The molecule has 0 saturated carbocycles. The summed E-state index contributed by atoms with van der Waals surface area (Å²) >= 11 is 0. The van der Waals surface area contributed by atoms with Crippen LogP contribution < -0.4 is 10.9 Å². The number of nitrogens with one attached hydrogen (secondary N) is 1. The molecule has 1 aromatic carbocycles. The molecule has 6 nitrogen and oxygen atoms in total. The zero-order valence-corrected chi connectivity index (χ0v) is 14.8. The molecule has 1 aliphatic rings. The lowest BCUT2D eigenvalue weighted by atomic mass is 9.91. The molecule has 5 rings (SSSR count). The lowest BCUT2D eigenvalue weighted by molar-refractivity contribution is -0.121. The SMILES string of the molecule is Cn1c(=O)c([C@@H]2CC(=O)NCc3nc4ccccn4c32)cc2ccccc21. The quantitative estimate of drug-likeness (QED) is 0.568. The fourth-order valence-corrected chi connectivity index (χ4v) is 4.05. The summed E-state index contributed by atoms with van der Waals surface area (Å²) in [7, 11) is 1.78. The summed E-state index contributed by atoms with van der Waals surface area (Å²) in [6, 6.07) is 15.5. The van der Waals surface area contributed by atoms with Crippen molar-refractivity contribution in [3.05, 3.63) is 82.0 Å². The molecule has 0 aliphatic carbocycles. The minimum atomic E-state index is -0.344. The first-order valence-corrected chi connectivity index (χ1v) is 8.94. The van der Waals surface area contributed by atoms with Crippen molar-refractivity contribution >= 4 is 22.5 Å². The second kappa shape index (κ2) is 5.81. The minimum Gasteiger partial charge on any atom is -0.350 e. The topological polar surface area (TPSA) is 68.4 Å². The van der Waals surface area contributed by atoms with Crippen molar-refractivity contribution in [2.24, 2.45) is 7.05 Å². The van der Waals surface area contributed by atoms with Crippen molar-refractivity contribution in [2.45, 2.75) is 18.9 Å². The van der Waals surface area contributed by atoms with Crippen LogP contribution >= 0.6 is 0 Å². The van der Waals surface area contributed by atoms with E-state index in [1.165, 1.54) is 0 Å². The maximum absolute atomic E-state index is 13.2. The highest BCUT2D eigenvalue weighted by Gasteiger charge is 2.30. The molecule has 0 spiro atoms. The normalized spacial score (nSPS) is 16.9. The molecule has 1 N–H and O–H groups in total. The van der Waals surface area contributed by atoms with Gasteiger partial charge in [0.2, 0.25) is 5.91 Å². The molecule has 0 fully saturated rings. The van der Waals surface area contributed by atoms with Crippen LogP contribution in [0.1, 0.15) is 29.3 Å². The summed E-state index contributed by atoms with van der Waals surface area (Å²) in [5, 5.41) is 3.89. The molecule has 4 aromatic rings. The van der Waals surface area contributed by atoms with E-state index < -0.39 is 0 Å². The molecule has 0 radical (unpaired) electrons. The number of nitrogens with zero attached hydrogens (tertiary/aromatic N) is 3. The van der Waals surface area contributed by atoms with Gasteiger partial charge in [0.1, 0.15) is 5.65 Å². The van der Waals surface area contributed by atoms with E-state index in [1.807, 2.05) is 59.1 Å². The largest absolute Gasteiger partial charge is 0.350 e. The van der Waals surface area contributed by atoms with Gasteiger partial charge in [0.25, 0.3) is 5.56 Å². The van der Waals surface area contributed by atoms with Crippen molar-refractivity contribution < 1.29 is 4.79 Å². The first kappa shape index (κ1) is 15.8. The number of rotatable bonds is 1. The zero-order chi connectivity index (χ0) is 18.5. The Morgan fingerprint density at radius 3 is 2.81 bits per heavy atom. The highest BCUT2D eigenvalue weighted by atomic mass is 16.1. The molecule has 4 heterocycles. The number of imidazole rings is 1. The number of aryl methyl sites for hydroxylation is 1. The molecule has 1 atom stereocenters. The summed E-state index contributed by atoms with van der Waals surface area (Å²) in [6.07, 6.45) is 2.17. The first-order valence-electron chi connectivity index (χ1n) is 8.94. The van der Waals surface area contributed by atoms with E-state index >= 15 is 0 Å². The predicted octanol–water partition coefficient (Wildman–Crippen LogP) is 2.34. The second-order valence-electron chi connectivity index (χ2n) is 6.93. The number of hydrogen-bond donors (Lipinski definition) is 1. The summed E-state index contributed by atoms with van der Waals surface area (Å²) < 4.78 is 3.66. The fraction of sp³-hybridized carbons (Fsp3) is 0.190. The molecule has 1 aliphatic heterocycles. The highest BCUT2D eigenvalue weighted by Crippen LogP contribution is 2.32. The predicted molar refractivity (Wildman–Crippen MR) is 103 cm³/mol. The summed E-state index contributed by atoms with van der Waals surface area (Å²) in [5.41, 5.74) is 3.97. The molecular formula is C21H18N4O2. The molecule has 0 unspecified atom stereocenters. The van der Waals surface area contributed by atoms with Crippen LogP contribution in [-0.4, -0.2) is 19.9 Å². The van der Waals surface area contributed by atoms with Crippen molar-refractivity contribution in [1.82, 2.24) is 19.3 Å².